The number of nitrogen functional groups attached to an aromatic ring is 1. The first kappa shape index (κ1) is 15.2. The van der Waals surface area contributed by atoms with Crippen LogP contribution in [0.1, 0.15) is 30.1 Å². The highest BCUT2D eigenvalue weighted by Crippen LogP contribution is 2.23. The monoisotopic (exact) mass is 270 g/mol. The van der Waals surface area contributed by atoms with Crippen LogP contribution in [-0.2, 0) is 4.74 Å². The van der Waals surface area contributed by atoms with Gasteiger partial charge in [-0.15, -0.1) is 0 Å². The molecular weight excluding hydrogens is 251 g/mol. The van der Waals surface area contributed by atoms with Crippen LogP contribution in [0.4, 0.5) is 15.8 Å². The van der Waals surface area contributed by atoms with E-state index in [1.165, 1.54) is 0 Å². The molecule has 0 fully saturated rings. The largest absolute Gasteiger partial charge is 0.478 e. The Morgan fingerprint density at radius 1 is 1.47 bits per heavy atom. The number of nitrogens with one attached hydrogen (secondary N) is 1. The fourth-order valence-corrected chi connectivity index (χ4v) is 1.55. The SMILES string of the molecule is CCCOCCCNc1cc(F)c(C(=O)O)cc1N. The van der Waals surface area contributed by atoms with Crippen molar-refractivity contribution in [2.45, 2.75) is 19.8 Å². The molecule has 6 heteroatoms. The summed E-state index contributed by atoms with van der Waals surface area (Å²) in [6.45, 7) is 3.96. The molecule has 5 nitrogen and oxygen atoms in total. The molecule has 1 aromatic rings. The number of carboxylic acid groups (broad SMARTS) is 1. The molecule has 0 aliphatic rings. The second-order valence-electron chi connectivity index (χ2n) is 4.12. The quantitative estimate of drug-likeness (QED) is 0.498. The topological polar surface area (TPSA) is 84.6 Å². The molecule has 0 spiro atoms. The first-order valence-corrected chi connectivity index (χ1v) is 6.20. The molecule has 106 valence electrons. The Kier molecular flexibility index (Phi) is 6.08. The van der Waals surface area contributed by atoms with E-state index in [2.05, 4.69) is 5.32 Å². The van der Waals surface area contributed by atoms with Gasteiger partial charge in [-0.3, -0.25) is 0 Å². The Hall–Kier alpha value is -1.82. The second kappa shape index (κ2) is 7.58. The first-order valence-electron chi connectivity index (χ1n) is 6.20. The Morgan fingerprint density at radius 3 is 2.84 bits per heavy atom. The van der Waals surface area contributed by atoms with Crippen LogP contribution in [0.2, 0.25) is 0 Å². The van der Waals surface area contributed by atoms with E-state index in [1.807, 2.05) is 6.92 Å². The maximum atomic E-state index is 13.5. The summed E-state index contributed by atoms with van der Waals surface area (Å²) >= 11 is 0. The van der Waals surface area contributed by atoms with Gasteiger partial charge in [0.15, 0.2) is 0 Å². The Labute approximate surface area is 111 Å². The average molecular weight is 270 g/mol. The van der Waals surface area contributed by atoms with Crippen LogP contribution < -0.4 is 11.1 Å². The van der Waals surface area contributed by atoms with Crippen molar-refractivity contribution in [3.63, 3.8) is 0 Å². The molecule has 0 aromatic heterocycles. The highest BCUT2D eigenvalue weighted by atomic mass is 19.1. The van der Waals surface area contributed by atoms with E-state index >= 15 is 0 Å². The van der Waals surface area contributed by atoms with Crippen molar-refractivity contribution in [2.75, 3.05) is 30.8 Å². The summed E-state index contributed by atoms with van der Waals surface area (Å²) in [6, 6.07) is 2.22. The smallest absolute Gasteiger partial charge is 0.338 e. The molecule has 0 aliphatic heterocycles. The Bertz CT molecular complexity index is 438. The van der Waals surface area contributed by atoms with E-state index in [0.717, 1.165) is 31.6 Å². The van der Waals surface area contributed by atoms with Gasteiger partial charge in [0.25, 0.3) is 0 Å². The minimum absolute atomic E-state index is 0.216. The van der Waals surface area contributed by atoms with Gasteiger partial charge >= 0.3 is 5.97 Å². The van der Waals surface area contributed by atoms with E-state index < -0.39 is 17.3 Å². The zero-order valence-corrected chi connectivity index (χ0v) is 10.9. The van der Waals surface area contributed by atoms with Crippen LogP contribution >= 0.6 is 0 Å². The second-order valence-corrected chi connectivity index (χ2v) is 4.12. The highest BCUT2D eigenvalue weighted by molar-refractivity contribution is 5.90. The van der Waals surface area contributed by atoms with Crippen molar-refractivity contribution >= 4 is 17.3 Å². The molecular formula is C13H19FN2O3. The highest BCUT2D eigenvalue weighted by Gasteiger charge is 2.13. The van der Waals surface area contributed by atoms with Gasteiger partial charge in [0.1, 0.15) is 5.82 Å². The standard InChI is InChI=1S/C13H19FN2O3/c1-2-5-19-6-3-4-16-12-8-10(14)9(13(17)18)7-11(12)15/h7-8,16H,2-6,15H2,1H3,(H,17,18). The number of carbonyl (C=O) groups is 1. The van der Waals surface area contributed by atoms with Gasteiger partial charge in [0, 0.05) is 19.8 Å². The fourth-order valence-electron chi connectivity index (χ4n) is 1.55. The molecule has 0 saturated carbocycles. The Balaban J connectivity index is 2.50. The third kappa shape index (κ3) is 4.75. The molecule has 0 aliphatic carbocycles. The van der Waals surface area contributed by atoms with Crippen LogP contribution in [0, 0.1) is 5.82 Å². The minimum Gasteiger partial charge on any atom is -0.478 e. The van der Waals surface area contributed by atoms with E-state index in [4.69, 9.17) is 15.6 Å². The van der Waals surface area contributed by atoms with Crippen molar-refractivity contribution in [3.05, 3.63) is 23.5 Å². The number of halogens is 1. The van der Waals surface area contributed by atoms with Crippen LogP contribution in [0.5, 0.6) is 0 Å². The fraction of sp³-hybridized carbons (Fsp3) is 0.462. The normalized spacial score (nSPS) is 10.4. The number of hydrogen-bond acceptors (Lipinski definition) is 4. The van der Waals surface area contributed by atoms with Gasteiger partial charge in [-0.2, -0.15) is 0 Å². The van der Waals surface area contributed by atoms with Gasteiger partial charge < -0.3 is 20.9 Å². The van der Waals surface area contributed by atoms with Crippen molar-refractivity contribution in [1.29, 1.82) is 0 Å². The number of benzene rings is 1. The molecule has 0 unspecified atom stereocenters. The molecule has 19 heavy (non-hydrogen) atoms. The lowest BCUT2D eigenvalue weighted by Crippen LogP contribution is -2.10. The molecule has 1 rings (SSSR count). The van der Waals surface area contributed by atoms with Crippen LogP contribution in [0.25, 0.3) is 0 Å². The number of rotatable bonds is 8. The lowest BCUT2D eigenvalue weighted by molar-refractivity contribution is 0.0692. The predicted octanol–water partition coefficient (Wildman–Crippen LogP) is 2.33. The van der Waals surface area contributed by atoms with E-state index in [9.17, 15) is 9.18 Å². The molecule has 4 N–H and O–H groups in total. The minimum atomic E-state index is -1.33. The van der Waals surface area contributed by atoms with Gasteiger partial charge in [-0.1, -0.05) is 6.92 Å². The summed E-state index contributed by atoms with van der Waals surface area (Å²) in [7, 11) is 0. The van der Waals surface area contributed by atoms with Gasteiger partial charge in [-0.25, -0.2) is 9.18 Å². The van der Waals surface area contributed by atoms with Crippen molar-refractivity contribution < 1.29 is 19.0 Å². The van der Waals surface area contributed by atoms with E-state index in [-0.39, 0.29) is 5.69 Å². The predicted molar refractivity (Wildman–Crippen MR) is 72.0 cm³/mol. The summed E-state index contributed by atoms with van der Waals surface area (Å²) in [5.74, 6) is -2.13. The first-order chi connectivity index (χ1) is 9.06. The number of carboxylic acids is 1. The van der Waals surface area contributed by atoms with Gasteiger partial charge in [0.05, 0.1) is 16.9 Å². The number of anilines is 2. The summed E-state index contributed by atoms with van der Waals surface area (Å²) in [4.78, 5) is 10.7. The number of aromatic carboxylic acids is 1. The molecule has 0 amide bonds. The van der Waals surface area contributed by atoms with Crippen molar-refractivity contribution in [3.8, 4) is 0 Å². The third-order valence-electron chi connectivity index (χ3n) is 2.50. The lowest BCUT2D eigenvalue weighted by Gasteiger charge is -2.10. The van der Waals surface area contributed by atoms with E-state index in [1.54, 1.807) is 0 Å². The third-order valence-corrected chi connectivity index (χ3v) is 2.50. The van der Waals surface area contributed by atoms with Crippen LogP contribution in [0.15, 0.2) is 12.1 Å². The summed E-state index contributed by atoms with van der Waals surface area (Å²) < 4.78 is 18.8. The number of nitrogens with two attached hydrogens (primary N) is 1. The van der Waals surface area contributed by atoms with Crippen LogP contribution in [-0.4, -0.2) is 30.8 Å². The maximum Gasteiger partial charge on any atom is 0.338 e. The molecule has 0 atom stereocenters. The maximum absolute atomic E-state index is 13.5. The van der Waals surface area contributed by atoms with Crippen molar-refractivity contribution in [2.24, 2.45) is 0 Å². The van der Waals surface area contributed by atoms with E-state index in [0.29, 0.717) is 18.8 Å². The molecule has 0 bridgehead atoms. The molecule has 0 heterocycles. The number of hydrogen-bond donors (Lipinski definition) is 3. The van der Waals surface area contributed by atoms with Gasteiger partial charge in [-0.05, 0) is 25.0 Å². The van der Waals surface area contributed by atoms with Gasteiger partial charge in [0.2, 0.25) is 0 Å². The molecule has 0 radical (unpaired) electrons. The molecule has 1 aromatic carbocycles. The number of ether oxygens (including phenoxy) is 1. The summed E-state index contributed by atoms with van der Waals surface area (Å²) in [5, 5.41) is 11.7. The van der Waals surface area contributed by atoms with Crippen LogP contribution in [0.3, 0.4) is 0 Å². The summed E-state index contributed by atoms with van der Waals surface area (Å²) in [5.41, 5.74) is 5.86. The zero-order valence-electron chi connectivity index (χ0n) is 10.9. The summed E-state index contributed by atoms with van der Waals surface area (Å²) in [6.07, 6.45) is 1.74. The average Bonchev–Trinajstić information content (AvgIpc) is 2.36. The lowest BCUT2D eigenvalue weighted by atomic mass is 10.1. The molecule has 0 saturated heterocycles. The zero-order chi connectivity index (χ0) is 14.3. The Morgan fingerprint density at radius 2 is 2.21 bits per heavy atom. The van der Waals surface area contributed by atoms with Crippen molar-refractivity contribution in [1.82, 2.24) is 0 Å².